The summed E-state index contributed by atoms with van der Waals surface area (Å²) in [6.45, 7) is 2.39. The maximum absolute atomic E-state index is 5.39. The molecule has 1 heterocycles. The molecule has 0 unspecified atom stereocenters. The van der Waals surface area contributed by atoms with Crippen LogP contribution in [0.4, 0.5) is 0 Å². The molecule has 5 heteroatoms. The third kappa shape index (κ3) is 3.52. The van der Waals surface area contributed by atoms with Crippen LogP contribution in [0.15, 0.2) is 6.33 Å². The van der Waals surface area contributed by atoms with E-state index >= 15 is 0 Å². The van der Waals surface area contributed by atoms with E-state index in [1.807, 2.05) is 4.68 Å². The van der Waals surface area contributed by atoms with Gasteiger partial charge in [0, 0.05) is 6.54 Å². The average Bonchev–Trinajstić information content (AvgIpc) is 2.52. The zero-order chi connectivity index (χ0) is 9.68. The van der Waals surface area contributed by atoms with Crippen LogP contribution in [0, 0.1) is 0 Å². The molecule has 74 valence electrons. The van der Waals surface area contributed by atoms with Gasteiger partial charge in [-0.1, -0.05) is 0 Å². The summed E-state index contributed by atoms with van der Waals surface area (Å²) in [6, 6.07) is 0. The molecule has 0 radical (unpaired) electrons. The van der Waals surface area contributed by atoms with E-state index in [2.05, 4.69) is 29.1 Å². The van der Waals surface area contributed by atoms with Crippen LogP contribution >= 0.6 is 0 Å². The summed E-state index contributed by atoms with van der Waals surface area (Å²) < 4.78 is 1.84. The Labute approximate surface area is 78.5 Å². The Morgan fingerprint density at radius 1 is 1.54 bits per heavy atom. The Kier molecular flexibility index (Phi) is 3.85. The SMILES string of the molecule is CN(C)CCCn1cnc(CN)n1. The van der Waals surface area contributed by atoms with E-state index in [0.717, 1.165) is 19.5 Å². The van der Waals surface area contributed by atoms with E-state index in [9.17, 15) is 0 Å². The summed E-state index contributed by atoms with van der Waals surface area (Å²) in [5.74, 6) is 0.713. The highest BCUT2D eigenvalue weighted by atomic mass is 15.3. The molecular formula is C8H17N5. The van der Waals surface area contributed by atoms with Gasteiger partial charge in [-0.15, -0.1) is 0 Å². The molecule has 1 aromatic heterocycles. The topological polar surface area (TPSA) is 60.0 Å². The molecule has 0 fully saturated rings. The van der Waals surface area contributed by atoms with E-state index in [4.69, 9.17) is 5.73 Å². The summed E-state index contributed by atoms with van der Waals surface area (Å²) in [4.78, 5) is 6.20. The molecule has 13 heavy (non-hydrogen) atoms. The van der Waals surface area contributed by atoms with Crippen molar-refractivity contribution in [3.05, 3.63) is 12.2 Å². The second kappa shape index (κ2) is 4.94. The van der Waals surface area contributed by atoms with Crippen molar-refractivity contribution >= 4 is 0 Å². The fraction of sp³-hybridized carbons (Fsp3) is 0.750. The molecule has 0 aliphatic heterocycles. The lowest BCUT2D eigenvalue weighted by atomic mass is 10.4. The lowest BCUT2D eigenvalue weighted by molar-refractivity contribution is 0.380. The molecular weight excluding hydrogens is 166 g/mol. The fourth-order valence-corrected chi connectivity index (χ4v) is 1.08. The number of hydrogen-bond donors (Lipinski definition) is 1. The van der Waals surface area contributed by atoms with Crippen molar-refractivity contribution in [2.45, 2.75) is 19.5 Å². The first-order valence-electron chi connectivity index (χ1n) is 4.45. The molecule has 1 aromatic rings. The minimum Gasteiger partial charge on any atom is -0.324 e. The van der Waals surface area contributed by atoms with Gasteiger partial charge in [-0.25, -0.2) is 4.98 Å². The zero-order valence-electron chi connectivity index (χ0n) is 8.27. The van der Waals surface area contributed by atoms with Gasteiger partial charge in [0.15, 0.2) is 5.82 Å². The van der Waals surface area contributed by atoms with Crippen LogP contribution in [0.2, 0.25) is 0 Å². The number of nitrogens with two attached hydrogens (primary N) is 1. The maximum atomic E-state index is 5.39. The van der Waals surface area contributed by atoms with Crippen molar-refractivity contribution in [3.8, 4) is 0 Å². The Morgan fingerprint density at radius 2 is 2.31 bits per heavy atom. The van der Waals surface area contributed by atoms with E-state index < -0.39 is 0 Å². The lowest BCUT2D eigenvalue weighted by Gasteiger charge is -2.08. The summed E-state index contributed by atoms with van der Waals surface area (Å²) in [6.07, 6.45) is 2.82. The molecule has 0 bridgehead atoms. The summed E-state index contributed by atoms with van der Waals surface area (Å²) in [5, 5.41) is 4.19. The fourth-order valence-electron chi connectivity index (χ4n) is 1.08. The molecule has 0 spiro atoms. The normalized spacial score (nSPS) is 11.1. The van der Waals surface area contributed by atoms with Crippen LogP contribution in [0.3, 0.4) is 0 Å². The van der Waals surface area contributed by atoms with Crippen LogP contribution < -0.4 is 5.73 Å². The first-order valence-corrected chi connectivity index (χ1v) is 4.45. The molecule has 0 aromatic carbocycles. The summed E-state index contributed by atoms with van der Waals surface area (Å²) in [5.41, 5.74) is 5.39. The quantitative estimate of drug-likeness (QED) is 0.680. The van der Waals surface area contributed by atoms with E-state index in [1.54, 1.807) is 6.33 Å². The monoisotopic (exact) mass is 183 g/mol. The van der Waals surface area contributed by atoms with Gasteiger partial charge >= 0.3 is 0 Å². The molecule has 0 amide bonds. The van der Waals surface area contributed by atoms with Crippen LogP contribution in [0.25, 0.3) is 0 Å². The van der Waals surface area contributed by atoms with Crippen molar-refractivity contribution in [3.63, 3.8) is 0 Å². The van der Waals surface area contributed by atoms with Gasteiger partial charge in [0.25, 0.3) is 0 Å². The van der Waals surface area contributed by atoms with Crippen LogP contribution in [0.1, 0.15) is 12.2 Å². The Balaban J connectivity index is 2.28. The highest BCUT2D eigenvalue weighted by Gasteiger charge is 1.97. The molecule has 0 aliphatic rings. The Hall–Kier alpha value is -0.940. The molecule has 0 saturated carbocycles. The number of hydrogen-bond acceptors (Lipinski definition) is 4. The van der Waals surface area contributed by atoms with Gasteiger partial charge in [-0.05, 0) is 27.1 Å². The third-order valence-electron chi connectivity index (χ3n) is 1.76. The molecule has 0 aliphatic carbocycles. The van der Waals surface area contributed by atoms with E-state index in [-0.39, 0.29) is 0 Å². The Morgan fingerprint density at radius 3 is 2.85 bits per heavy atom. The van der Waals surface area contributed by atoms with Crippen molar-refractivity contribution < 1.29 is 0 Å². The standard InChI is InChI=1S/C8H17N5/c1-12(2)4-3-5-13-7-10-8(6-9)11-13/h7H,3-6,9H2,1-2H3. The zero-order valence-corrected chi connectivity index (χ0v) is 8.27. The highest BCUT2D eigenvalue weighted by molar-refractivity contribution is 4.78. The van der Waals surface area contributed by atoms with E-state index in [0.29, 0.717) is 12.4 Å². The van der Waals surface area contributed by atoms with Gasteiger partial charge in [0.1, 0.15) is 6.33 Å². The lowest BCUT2D eigenvalue weighted by Crippen LogP contribution is -2.15. The smallest absolute Gasteiger partial charge is 0.164 e. The number of aromatic nitrogens is 3. The first-order chi connectivity index (χ1) is 6.22. The first kappa shape index (κ1) is 10.1. The van der Waals surface area contributed by atoms with Crippen molar-refractivity contribution in [1.82, 2.24) is 19.7 Å². The van der Waals surface area contributed by atoms with Crippen molar-refractivity contribution in [2.75, 3.05) is 20.6 Å². The third-order valence-corrected chi connectivity index (χ3v) is 1.76. The summed E-state index contributed by atoms with van der Waals surface area (Å²) in [7, 11) is 4.12. The van der Waals surface area contributed by atoms with Crippen LogP contribution in [-0.2, 0) is 13.1 Å². The number of aryl methyl sites for hydroxylation is 1. The van der Waals surface area contributed by atoms with Gasteiger partial charge in [0.2, 0.25) is 0 Å². The van der Waals surface area contributed by atoms with Crippen LogP contribution in [0.5, 0.6) is 0 Å². The van der Waals surface area contributed by atoms with Gasteiger partial charge < -0.3 is 10.6 Å². The molecule has 0 atom stereocenters. The van der Waals surface area contributed by atoms with Crippen LogP contribution in [-0.4, -0.2) is 40.3 Å². The minimum absolute atomic E-state index is 0.417. The predicted molar refractivity (Wildman–Crippen MR) is 51.1 cm³/mol. The van der Waals surface area contributed by atoms with Gasteiger partial charge in [-0.3, -0.25) is 4.68 Å². The second-order valence-electron chi connectivity index (χ2n) is 3.28. The highest BCUT2D eigenvalue weighted by Crippen LogP contribution is 1.92. The predicted octanol–water partition coefficient (Wildman–Crippen LogP) is -0.311. The maximum Gasteiger partial charge on any atom is 0.164 e. The molecule has 1 rings (SSSR count). The molecule has 5 nitrogen and oxygen atoms in total. The van der Waals surface area contributed by atoms with Gasteiger partial charge in [-0.2, -0.15) is 5.10 Å². The average molecular weight is 183 g/mol. The van der Waals surface area contributed by atoms with E-state index in [1.165, 1.54) is 0 Å². The van der Waals surface area contributed by atoms with Crippen molar-refractivity contribution in [1.29, 1.82) is 0 Å². The van der Waals surface area contributed by atoms with Crippen molar-refractivity contribution in [2.24, 2.45) is 5.73 Å². The minimum atomic E-state index is 0.417. The molecule has 2 N–H and O–H groups in total. The largest absolute Gasteiger partial charge is 0.324 e. The molecule has 0 saturated heterocycles. The number of nitrogens with zero attached hydrogens (tertiary/aromatic N) is 4. The summed E-state index contributed by atoms with van der Waals surface area (Å²) >= 11 is 0. The Bertz CT molecular complexity index is 242. The van der Waals surface area contributed by atoms with Gasteiger partial charge in [0.05, 0.1) is 6.54 Å². The second-order valence-corrected chi connectivity index (χ2v) is 3.28. The number of rotatable bonds is 5.